The second-order valence-corrected chi connectivity index (χ2v) is 6.67. The summed E-state index contributed by atoms with van der Waals surface area (Å²) in [6, 6.07) is 0.0602. The van der Waals surface area contributed by atoms with Crippen molar-refractivity contribution in [1.29, 1.82) is 0 Å². The van der Waals surface area contributed by atoms with Crippen molar-refractivity contribution < 1.29 is 18.3 Å². The van der Waals surface area contributed by atoms with E-state index in [-0.39, 0.29) is 19.2 Å². The first-order valence-electron chi connectivity index (χ1n) is 6.62. The average molecular weight is 278 g/mol. The minimum atomic E-state index is -3.44. The van der Waals surface area contributed by atoms with Gasteiger partial charge in [0.15, 0.2) is 0 Å². The van der Waals surface area contributed by atoms with Crippen LogP contribution in [0.15, 0.2) is 0 Å². The van der Waals surface area contributed by atoms with Crippen LogP contribution in [0.25, 0.3) is 0 Å². The highest BCUT2D eigenvalue weighted by Crippen LogP contribution is 2.26. The first-order valence-corrected chi connectivity index (χ1v) is 8.01. The Hall–Kier alpha value is -0.210. The van der Waals surface area contributed by atoms with Crippen LogP contribution in [0.4, 0.5) is 0 Å². The zero-order chi connectivity index (χ0) is 13.0. The van der Waals surface area contributed by atoms with Crippen LogP contribution >= 0.6 is 0 Å². The second-order valence-electron chi connectivity index (χ2n) is 4.79. The highest BCUT2D eigenvalue weighted by molar-refractivity contribution is 7.86. The summed E-state index contributed by atoms with van der Waals surface area (Å²) in [5, 5.41) is 9.11. The molecule has 106 valence electrons. The summed E-state index contributed by atoms with van der Waals surface area (Å²) in [6.07, 6.45) is 3.96. The van der Waals surface area contributed by atoms with E-state index in [1.165, 1.54) is 8.61 Å². The fourth-order valence-electron chi connectivity index (χ4n) is 2.70. The fraction of sp³-hybridized carbons (Fsp3) is 1.00. The topological polar surface area (TPSA) is 70.1 Å². The molecule has 6 nitrogen and oxygen atoms in total. The van der Waals surface area contributed by atoms with Crippen molar-refractivity contribution in [2.75, 3.05) is 39.5 Å². The molecule has 1 saturated carbocycles. The van der Waals surface area contributed by atoms with E-state index >= 15 is 0 Å². The Morgan fingerprint density at radius 2 is 1.83 bits per heavy atom. The predicted octanol–water partition coefficient (Wildman–Crippen LogP) is -0.200. The standard InChI is InChI=1S/C11H22N2O4S/c14-8-5-13(11-3-1-2-4-11)18(15,16)12-6-9-17-10-7-12/h11,14H,1-10H2. The average Bonchev–Trinajstić information content (AvgIpc) is 2.90. The Morgan fingerprint density at radius 3 is 2.39 bits per heavy atom. The zero-order valence-corrected chi connectivity index (χ0v) is 11.4. The van der Waals surface area contributed by atoms with E-state index in [1.54, 1.807) is 0 Å². The maximum atomic E-state index is 12.5. The number of morpholine rings is 1. The van der Waals surface area contributed by atoms with Crippen molar-refractivity contribution in [3.8, 4) is 0 Å². The summed E-state index contributed by atoms with van der Waals surface area (Å²) in [4.78, 5) is 0. The molecule has 0 unspecified atom stereocenters. The van der Waals surface area contributed by atoms with Crippen LogP contribution in [0.2, 0.25) is 0 Å². The van der Waals surface area contributed by atoms with Crippen molar-refractivity contribution in [2.24, 2.45) is 0 Å². The number of hydrogen-bond acceptors (Lipinski definition) is 4. The molecule has 0 amide bonds. The molecule has 18 heavy (non-hydrogen) atoms. The molecule has 1 heterocycles. The Morgan fingerprint density at radius 1 is 1.22 bits per heavy atom. The van der Waals surface area contributed by atoms with Crippen LogP contribution in [0.5, 0.6) is 0 Å². The first-order chi connectivity index (χ1) is 8.66. The maximum absolute atomic E-state index is 12.5. The van der Waals surface area contributed by atoms with E-state index in [0.717, 1.165) is 25.7 Å². The summed E-state index contributed by atoms with van der Waals surface area (Å²) in [7, 11) is -3.44. The van der Waals surface area contributed by atoms with Gasteiger partial charge in [-0.15, -0.1) is 0 Å². The van der Waals surface area contributed by atoms with Gasteiger partial charge in [0.2, 0.25) is 0 Å². The maximum Gasteiger partial charge on any atom is 0.282 e. The molecule has 0 aromatic heterocycles. The van der Waals surface area contributed by atoms with Gasteiger partial charge in [-0.25, -0.2) is 0 Å². The van der Waals surface area contributed by atoms with Crippen LogP contribution in [0.3, 0.4) is 0 Å². The number of hydrogen-bond donors (Lipinski definition) is 1. The minimum absolute atomic E-state index is 0.0602. The monoisotopic (exact) mass is 278 g/mol. The molecule has 1 aliphatic heterocycles. The molecule has 0 aromatic carbocycles. The molecular weight excluding hydrogens is 256 g/mol. The van der Waals surface area contributed by atoms with Crippen LogP contribution in [-0.4, -0.2) is 67.6 Å². The van der Waals surface area contributed by atoms with Crippen molar-refractivity contribution in [2.45, 2.75) is 31.7 Å². The van der Waals surface area contributed by atoms with Crippen molar-refractivity contribution in [1.82, 2.24) is 8.61 Å². The Labute approximate surface area is 109 Å². The third-order valence-electron chi connectivity index (χ3n) is 3.65. The molecule has 0 radical (unpaired) electrons. The Kier molecular flexibility index (Phi) is 4.97. The molecule has 7 heteroatoms. The number of ether oxygens (including phenoxy) is 1. The third kappa shape index (κ3) is 3.03. The molecule has 0 spiro atoms. The summed E-state index contributed by atoms with van der Waals surface area (Å²) in [6.45, 7) is 1.81. The quantitative estimate of drug-likeness (QED) is 0.756. The van der Waals surface area contributed by atoms with Gasteiger partial charge in [-0.05, 0) is 12.8 Å². The molecule has 1 N–H and O–H groups in total. The predicted molar refractivity (Wildman–Crippen MR) is 67.4 cm³/mol. The SMILES string of the molecule is O=S(=O)(N1CCOCC1)N(CCO)C1CCCC1. The minimum Gasteiger partial charge on any atom is -0.395 e. The summed E-state index contributed by atoms with van der Waals surface area (Å²) in [5.41, 5.74) is 0. The number of rotatable bonds is 5. The van der Waals surface area contributed by atoms with E-state index in [0.29, 0.717) is 26.3 Å². The normalized spacial score (nSPS) is 23.9. The van der Waals surface area contributed by atoms with Gasteiger partial charge in [0.1, 0.15) is 0 Å². The van der Waals surface area contributed by atoms with Crippen LogP contribution in [-0.2, 0) is 14.9 Å². The van der Waals surface area contributed by atoms with Gasteiger partial charge in [0.25, 0.3) is 10.2 Å². The smallest absolute Gasteiger partial charge is 0.282 e. The van der Waals surface area contributed by atoms with Crippen LogP contribution < -0.4 is 0 Å². The van der Waals surface area contributed by atoms with Gasteiger partial charge in [-0.1, -0.05) is 12.8 Å². The van der Waals surface area contributed by atoms with Crippen LogP contribution in [0.1, 0.15) is 25.7 Å². The molecule has 2 rings (SSSR count). The van der Waals surface area contributed by atoms with Crippen LogP contribution in [0, 0.1) is 0 Å². The highest BCUT2D eigenvalue weighted by Gasteiger charge is 2.36. The van der Waals surface area contributed by atoms with E-state index in [4.69, 9.17) is 9.84 Å². The lowest BCUT2D eigenvalue weighted by Crippen LogP contribution is -2.52. The van der Waals surface area contributed by atoms with Gasteiger partial charge in [-0.2, -0.15) is 17.0 Å². The van der Waals surface area contributed by atoms with Crippen molar-refractivity contribution >= 4 is 10.2 Å². The highest BCUT2D eigenvalue weighted by atomic mass is 32.2. The first kappa shape index (κ1) is 14.2. The zero-order valence-electron chi connectivity index (χ0n) is 10.6. The molecule has 1 saturated heterocycles. The van der Waals surface area contributed by atoms with Gasteiger partial charge in [0.05, 0.1) is 19.8 Å². The second kappa shape index (κ2) is 6.29. The van der Waals surface area contributed by atoms with E-state index in [2.05, 4.69) is 0 Å². The van der Waals surface area contributed by atoms with E-state index in [1.807, 2.05) is 0 Å². The largest absolute Gasteiger partial charge is 0.395 e. The number of aliphatic hydroxyl groups is 1. The van der Waals surface area contributed by atoms with Gasteiger partial charge in [0, 0.05) is 25.7 Å². The molecule has 0 aromatic rings. The molecule has 2 aliphatic rings. The number of nitrogens with zero attached hydrogens (tertiary/aromatic N) is 2. The molecule has 2 fully saturated rings. The summed E-state index contributed by atoms with van der Waals surface area (Å²) in [5.74, 6) is 0. The number of aliphatic hydroxyl groups excluding tert-OH is 1. The fourth-order valence-corrected chi connectivity index (χ4v) is 4.51. The van der Waals surface area contributed by atoms with Crippen molar-refractivity contribution in [3.05, 3.63) is 0 Å². The molecule has 0 atom stereocenters. The lowest BCUT2D eigenvalue weighted by atomic mass is 10.2. The third-order valence-corrected chi connectivity index (χ3v) is 5.74. The van der Waals surface area contributed by atoms with Gasteiger partial charge in [-0.3, -0.25) is 0 Å². The van der Waals surface area contributed by atoms with Crippen molar-refractivity contribution in [3.63, 3.8) is 0 Å². The van der Waals surface area contributed by atoms with E-state index < -0.39 is 10.2 Å². The van der Waals surface area contributed by atoms with Gasteiger partial charge < -0.3 is 9.84 Å². The summed E-state index contributed by atoms with van der Waals surface area (Å²) < 4.78 is 33.2. The lowest BCUT2D eigenvalue weighted by Gasteiger charge is -2.34. The Balaban J connectivity index is 2.11. The van der Waals surface area contributed by atoms with Gasteiger partial charge >= 0.3 is 0 Å². The summed E-state index contributed by atoms with van der Waals surface area (Å²) >= 11 is 0. The Bertz CT molecular complexity index is 348. The molecule has 1 aliphatic carbocycles. The lowest BCUT2D eigenvalue weighted by molar-refractivity contribution is 0.0686. The van der Waals surface area contributed by atoms with E-state index in [9.17, 15) is 8.42 Å². The molecular formula is C11H22N2O4S. The molecule has 0 bridgehead atoms.